The number of nitrogens with zero attached hydrogens (tertiary/aromatic N) is 2. The molecule has 1 aromatic carbocycles. The zero-order valence-electron chi connectivity index (χ0n) is 12.7. The predicted octanol–water partition coefficient (Wildman–Crippen LogP) is 1.55. The van der Waals surface area contributed by atoms with Gasteiger partial charge in [-0.3, -0.25) is 14.9 Å². The Hall–Kier alpha value is -2.00. The first-order valence-electron chi connectivity index (χ1n) is 6.43. The van der Waals surface area contributed by atoms with Gasteiger partial charge in [-0.1, -0.05) is 6.92 Å². The molecule has 0 saturated carbocycles. The highest BCUT2D eigenvalue weighted by Crippen LogP contribution is 2.27. The SMILES string of the molecule is Cc1cc(C)c(S(=O)(=O)N(C)CC(C)C(=O)O)cc1[N+](=O)[O-]. The van der Waals surface area contributed by atoms with Crippen LogP contribution in [0, 0.1) is 29.9 Å². The molecule has 1 rings (SSSR count). The fraction of sp³-hybridized carbons (Fsp3) is 0.462. The predicted molar refractivity (Wildman–Crippen MR) is 79.2 cm³/mol. The molecule has 0 heterocycles. The van der Waals surface area contributed by atoms with E-state index in [1.807, 2.05) is 0 Å². The van der Waals surface area contributed by atoms with Crippen molar-refractivity contribution >= 4 is 21.7 Å². The van der Waals surface area contributed by atoms with Gasteiger partial charge in [-0.05, 0) is 25.5 Å². The fourth-order valence-electron chi connectivity index (χ4n) is 2.03. The number of carboxylic acids is 1. The Morgan fingerprint density at radius 3 is 2.36 bits per heavy atom. The molecule has 0 aliphatic rings. The number of nitro groups is 1. The van der Waals surface area contributed by atoms with Gasteiger partial charge in [-0.2, -0.15) is 0 Å². The highest BCUT2D eigenvalue weighted by atomic mass is 32.2. The molecule has 0 fully saturated rings. The summed E-state index contributed by atoms with van der Waals surface area (Å²) in [6.45, 7) is 4.23. The summed E-state index contributed by atoms with van der Waals surface area (Å²) in [6, 6.07) is 2.45. The van der Waals surface area contributed by atoms with Gasteiger partial charge in [0.05, 0.1) is 15.7 Å². The van der Waals surface area contributed by atoms with Crippen LogP contribution in [0.5, 0.6) is 0 Å². The summed E-state index contributed by atoms with van der Waals surface area (Å²) >= 11 is 0. The number of benzene rings is 1. The molecule has 0 aliphatic carbocycles. The first-order chi connectivity index (χ1) is 9.98. The maximum atomic E-state index is 12.5. The van der Waals surface area contributed by atoms with Gasteiger partial charge < -0.3 is 5.11 Å². The standard InChI is InChI=1S/C13H18N2O6S/c1-8-5-9(2)12(6-11(8)15(18)19)22(20,21)14(4)7-10(3)13(16)17/h5-6,10H,7H2,1-4H3,(H,16,17). The van der Waals surface area contributed by atoms with Gasteiger partial charge >= 0.3 is 5.97 Å². The van der Waals surface area contributed by atoms with E-state index >= 15 is 0 Å². The number of sulfonamides is 1. The van der Waals surface area contributed by atoms with E-state index in [0.717, 1.165) is 10.4 Å². The molecule has 22 heavy (non-hydrogen) atoms. The number of rotatable bonds is 6. The lowest BCUT2D eigenvalue weighted by molar-refractivity contribution is -0.385. The van der Waals surface area contributed by atoms with E-state index in [1.54, 1.807) is 0 Å². The van der Waals surface area contributed by atoms with Crippen molar-refractivity contribution in [2.75, 3.05) is 13.6 Å². The van der Waals surface area contributed by atoms with Crippen LogP contribution in [0.15, 0.2) is 17.0 Å². The maximum absolute atomic E-state index is 12.5. The summed E-state index contributed by atoms with van der Waals surface area (Å²) in [7, 11) is -2.76. The molecule has 0 spiro atoms. The van der Waals surface area contributed by atoms with Crippen LogP contribution in [0.25, 0.3) is 0 Å². The van der Waals surface area contributed by atoms with Gasteiger partial charge in [0.1, 0.15) is 0 Å². The van der Waals surface area contributed by atoms with Crippen molar-refractivity contribution in [2.45, 2.75) is 25.7 Å². The summed E-state index contributed by atoms with van der Waals surface area (Å²) in [5.41, 5.74) is 0.449. The number of aliphatic carboxylic acids is 1. The number of hydrogen-bond acceptors (Lipinski definition) is 5. The monoisotopic (exact) mass is 330 g/mol. The van der Waals surface area contributed by atoms with Crippen LogP contribution in [0.2, 0.25) is 0 Å². The van der Waals surface area contributed by atoms with E-state index in [4.69, 9.17) is 5.11 Å². The molecule has 122 valence electrons. The number of aryl methyl sites for hydroxylation is 2. The summed E-state index contributed by atoms with van der Waals surface area (Å²) in [5, 5.41) is 19.8. The highest BCUT2D eigenvalue weighted by Gasteiger charge is 2.28. The second-order valence-electron chi connectivity index (χ2n) is 5.19. The van der Waals surface area contributed by atoms with Gasteiger partial charge in [0.2, 0.25) is 10.0 Å². The van der Waals surface area contributed by atoms with Gasteiger partial charge in [-0.15, -0.1) is 0 Å². The normalized spacial score (nSPS) is 13.1. The minimum atomic E-state index is -4.01. The van der Waals surface area contributed by atoms with Gasteiger partial charge in [0.25, 0.3) is 5.69 Å². The largest absolute Gasteiger partial charge is 0.481 e. The first-order valence-corrected chi connectivity index (χ1v) is 7.87. The smallest absolute Gasteiger partial charge is 0.307 e. The highest BCUT2D eigenvalue weighted by molar-refractivity contribution is 7.89. The maximum Gasteiger partial charge on any atom is 0.307 e. The number of hydrogen-bond donors (Lipinski definition) is 1. The van der Waals surface area contributed by atoms with Crippen LogP contribution in [-0.4, -0.2) is 42.3 Å². The number of nitro benzene ring substituents is 1. The third-order valence-corrected chi connectivity index (χ3v) is 5.30. The van der Waals surface area contributed by atoms with Crippen LogP contribution in [0.4, 0.5) is 5.69 Å². The number of carbonyl (C=O) groups is 1. The Morgan fingerprint density at radius 1 is 1.36 bits per heavy atom. The minimum Gasteiger partial charge on any atom is -0.481 e. The van der Waals surface area contributed by atoms with Gasteiger partial charge in [0, 0.05) is 25.2 Å². The van der Waals surface area contributed by atoms with Crippen molar-refractivity contribution < 1.29 is 23.2 Å². The molecule has 0 aliphatic heterocycles. The molecular weight excluding hydrogens is 312 g/mol. The Labute approximate surface area is 128 Å². The zero-order valence-corrected chi connectivity index (χ0v) is 13.5. The molecular formula is C13H18N2O6S. The Balaban J connectivity index is 3.31. The second-order valence-corrected chi connectivity index (χ2v) is 7.20. The lowest BCUT2D eigenvalue weighted by Gasteiger charge is -2.20. The van der Waals surface area contributed by atoms with Crippen molar-refractivity contribution in [1.82, 2.24) is 4.31 Å². The molecule has 9 heteroatoms. The van der Waals surface area contributed by atoms with Crippen molar-refractivity contribution in [3.8, 4) is 0 Å². The molecule has 8 nitrogen and oxygen atoms in total. The van der Waals surface area contributed by atoms with Crippen LogP contribution >= 0.6 is 0 Å². The van der Waals surface area contributed by atoms with Crippen LogP contribution in [0.3, 0.4) is 0 Å². The van der Waals surface area contributed by atoms with Crippen LogP contribution in [-0.2, 0) is 14.8 Å². The summed E-state index contributed by atoms with van der Waals surface area (Å²) in [6.07, 6.45) is 0. The molecule has 1 atom stereocenters. The lowest BCUT2D eigenvalue weighted by atomic mass is 10.1. The molecule has 1 aromatic rings. The minimum absolute atomic E-state index is 0.190. The molecule has 0 amide bonds. The zero-order chi connectivity index (χ0) is 17.2. The van der Waals surface area contributed by atoms with E-state index in [0.29, 0.717) is 11.1 Å². The summed E-state index contributed by atoms with van der Waals surface area (Å²) < 4.78 is 25.9. The Bertz CT molecular complexity index is 713. The van der Waals surface area contributed by atoms with E-state index in [-0.39, 0.29) is 17.1 Å². The number of carboxylic acid groups (broad SMARTS) is 1. The molecule has 0 radical (unpaired) electrons. The van der Waals surface area contributed by atoms with Crippen molar-refractivity contribution in [3.63, 3.8) is 0 Å². The van der Waals surface area contributed by atoms with E-state index in [1.165, 1.54) is 33.9 Å². The molecule has 0 bridgehead atoms. The fourth-order valence-corrected chi connectivity index (χ4v) is 3.51. The van der Waals surface area contributed by atoms with Crippen molar-refractivity contribution in [3.05, 3.63) is 33.4 Å². The van der Waals surface area contributed by atoms with E-state index in [9.17, 15) is 23.3 Å². The van der Waals surface area contributed by atoms with E-state index in [2.05, 4.69) is 0 Å². The third-order valence-electron chi connectivity index (χ3n) is 3.33. The first kappa shape index (κ1) is 18.1. The quantitative estimate of drug-likeness (QED) is 0.624. The van der Waals surface area contributed by atoms with E-state index < -0.39 is 26.8 Å². The van der Waals surface area contributed by atoms with Gasteiger partial charge in [0.15, 0.2) is 0 Å². The summed E-state index contributed by atoms with van der Waals surface area (Å²) in [5.74, 6) is -2.01. The summed E-state index contributed by atoms with van der Waals surface area (Å²) in [4.78, 5) is 21.0. The van der Waals surface area contributed by atoms with Gasteiger partial charge in [-0.25, -0.2) is 12.7 Å². The van der Waals surface area contributed by atoms with Crippen LogP contribution < -0.4 is 0 Å². The average molecular weight is 330 g/mol. The molecule has 0 aromatic heterocycles. The van der Waals surface area contributed by atoms with Crippen molar-refractivity contribution in [1.29, 1.82) is 0 Å². The Kier molecular flexibility index (Phi) is 5.26. The Morgan fingerprint density at radius 2 is 1.91 bits per heavy atom. The average Bonchev–Trinajstić information content (AvgIpc) is 2.37. The second kappa shape index (κ2) is 6.41. The molecule has 0 saturated heterocycles. The third kappa shape index (κ3) is 3.60. The van der Waals surface area contributed by atoms with Crippen LogP contribution in [0.1, 0.15) is 18.1 Å². The molecule has 1 N–H and O–H groups in total. The topological polar surface area (TPSA) is 118 Å². The lowest BCUT2D eigenvalue weighted by Crippen LogP contribution is -2.34. The van der Waals surface area contributed by atoms with Crippen molar-refractivity contribution in [2.24, 2.45) is 5.92 Å². The molecule has 1 unspecified atom stereocenters.